The van der Waals surface area contributed by atoms with Gasteiger partial charge in [-0.3, -0.25) is 4.79 Å². The fourth-order valence-electron chi connectivity index (χ4n) is 1.65. The van der Waals surface area contributed by atoms with Gasteiger partial charge >= 0.3 is 5.97 Å². The summed E-state index contributed by atoms with van der Waals surface area (Å²) < 4.78 is 1.71. The first-order chi connectivity index (χ1) is 8.96. The van der Waals surface area contributed by atoms with Crippen LogP contribution in [0.15, 0.2) is 30.6 Å². The molecule has 2 aromatic rings. The molecule has 0 fully saturated rings. The summed E-state index contributed by atoms with van der Waals surface area (Å²) in [7, 11) is 0. The smallest absolute Gasteiger partial charge is 0.329 e. The highest BCUT2D eigenvalue weighted by atomic mass is 16.4. The van der Waals surface area contributed by atoms with Crippen LogP contribution >= 0.6 is 0 Å². The van der Waals surface area contributed by atoms with Crippen LogP contribution in [0.4, 0.5) is 0 Å². The molecule has 0 bridgehead atoms. The number of hydrogen-bond donors (Lipinski definition) is 2. The van der Waals surface area contributed by atoms with E-state index >= 15 is 0 Å². The molecule has 2 rings (SSSR count). The molecule has 1 atom stereocenters. The molecule has 0 aromatic carbocycles. The lowest BCUT2D eigenvalue weighted by atomic mass is 9.99. The van der Waals surface area contributed by atoms with Crippen molar-refractivity contribution in [1.82, 2.24) is 14.7 Å². The van der Waals surface area contributed by atoms with Crippen molar-refractivity contribution in [3.63, 3.8) is 0 Å². The van der Waals surface area contributed by atoms with Gasteiger partial charge in [0.05, 0.1) is 0 Å². The van der Waals surface area contributed by atoms with E-state index in [-0.39, 0.29) is 5.69 Å². The van der Waals surface area contributed by atoms with Crippen LogP contribution in [-0.4, -0.2) is 31.9 Å². The molecule has 0 saturated carbocycles. The SMILES string of the molecule is CCC(C)(NC(=O)c1cn2ccccc2n1)C(=O)O. The molecule has 6 nitrogen and oxygen atoms in total. The van der Waals surface area contributed by atoms with E-state index in [1.54, 1.807) is 29.8 Å². The third-order valence-corrected chi connectivity index (χ3v) is 3.17. The van der Waals surface area contributed by atoms with E-state index in [9.17, 15) is 9.59 Å². The van der Waals surface area contributed by atoms with Crippen molar-refractivity contribution in [2.45, 2.75) is 25.8 Å². The summed E-state index contributed by atoms with van der Waals surface area (Å²) in [6.07, 6.45) is 3.64. The predicted octanol–water partition coefficient (Wildman–Crippen LogP) is 1.32. The Morgan fingerprint density at radius 3 is 2.79 bits per heavy atom. The molecule has 2 N–H and O–H groups in total. The van der Waals surface area contributed by atoms with Crippen molar-refractivity contribution < 1.29 is 14.7 Å². The second kappa shape index (κ2) is 4.72. The fourth-order valence-corrected chi connectivity index (χ4v) is 1.65. The first-order valence-electron chi connectivity index (χ1n) is 5.96. The Morgan fingerprint density at radius 2 is 2.21 bits per heavy atom. The van der Waals surface area contributed by atoms with Gasteiger partial charge in [-0.2, -0.15) is 0 Å². The number of carbonyl (C=O) groups is 2. The van der Waals surface area contributed by atoms with Gasteiger partial charge in [0.25, 0.3) is 5.91 Å². The molecule has 0 saturated heterocycles. The summed E-state index contributed by atoms with van der Waals surface area (Å²) >= 11 is 0. The summed E-state index contributed by atoms with van der Waals surface area (Å²) in [5, 5.41) is 11.6. The van der Waals surface area contributed by atoms with Gasteiger partial charge in [0.15, 0.2) is 0 Å². The van der Waals surface area contributed by atoms with Crippen molar-refractivity contribution in [3.8, 4) is 0 Å². The van der Waals surface area contributed by atoms with Crippen molar-refractivity contribution in [3.05, 3.63) is 36.3 Å². The van der Waals surface area contributed by atoms with Crippen LogP contribution in [0.2, 0.25) is 0 Å². The van der Waals surface area contributed by atoms with Crippen LogP contribution in [0.5, 0.6) is 0 Å². The number of aliphatic carboxylic acids is 1. The maximum absolute atomic E-state index is 12.0. The monoisotopic (exact) mass is 261 g/mol. The zero-order chi connectivity index (χ0) is 14.0. The van der Waals surface area contributed by atoms with E-state index < -0.39 is 17.4 Å². The van der Waals surface area contributed by atoms with E-state index in [2.05, 4.69) is 10.3 Å². The number of amides is 1. The lowest BCUT2D eigenvalue weighted by Crippen LogP contribution is -2.51. The minimum Gasteiger partial charge on any atom is -0.480 e. The summed E-state index contributed by atoms with van der Waals surface area (Å²) in [6, 6.07) is 5.41. The quantitative estimate of drug-likeness (QED) is 0.869. The molecular formula is C13H15N3O3. The van der Waals surface area contributed by atoms with Crippen LogP contribution in [0, 0.1) is 0 Å². The third kappa shape index (κ3) is 2.42. The number of carboxylic acids is 1. The minimum absolute atomic E-state index is 0.201. The average molecular weight is 261 g/mol. The topological polar surface area (TPSA) is 83.7 Å². The maximum atomic E-state index is 12.0. The molecular weight excluding hydrogens is 246 g/mol. The van der Waals surface area contributed by atoms with Gasteiger partial charge in [-0.15, -0.1) is 0 Å². The summed E-state index contributed by atoms with van der Waals surface area (Å²) in [4.78, 5) is 27.3. The average Bonchev–Trinajstić information content (AvgIpc) is 2.82. The first-order valence-corrected chi connectivity index (χ1v) is 5.96. The van der Waals surface area contributed by atoms with E-state index in [1.165, 1.54) is 6.92 Å². The Hall–Kier alpha value is -2.37. The predicted molar refractivity (Wildman–Crippen MR) is 69.0 cm³/mol. The standard InChI is InChI=1S/C13H15N3O3/c1-3-13(2,12(18)19)15-11(17)9-8-16-7-5-4-6-10(16)14-9/h4-8H,3H2,1-2H3,(H,15,17)(H,18,19). The molecule has 100 valence electrons. The van der Waals surface area contributed by atoms with E-state index in [4.69, 9.17) is 5.11 Å². The number of nitrogens with zero attached hydrogens (tertiary/aromatic N) is 2. The number of hydrogen-bond acceptors (Lipinski definition) is 3. The Morgan fingerprint density at radius 1 is 1.47 bits per heavy atom. The lowest BCUT2D eigenvalue weighted by molar-refractivity contribution is -0.143. The van der Waals surface area contributed by atoms with Crippen LogP contribution in [-0.2, 0) is 4.79 Å². The highest BCUT2D eigenvalue weighted by Gasteiger charge is 2.33. The number of rotatable bonds is 4. The number of imidazole rings is 1. The van der Waals surface area contributed by atoms with Crippen molar-refractivity contribution >= 4 is 17.5 Å². The normalized spacial score (nSPS) is 14.0. The summed E-state index contributed by atoms with van der Waals surface area (Å²) in [6.45, 7) is 3.18. The zero-order valence-corrected chi connectivity index (χ0v) is 10.8. The maximum Gasteiger partial charge on any atom is 0.329 e. The molecule has 1 amide bonds. The number of aromatic nitrogens is 2. The van der Waals surface area contributed by atoms with Gasteiger partial charge < -0.3 is 14.8 Å². The van der Waals surface area contributed by atoms with Crippen molar-refractivity contribution in [1.29, 1.82) is 0 Å². The van der Waals surface area contributed by atoms with Gasteiger partial charge in [-0.25, -0.2) is 9.78 Å². The Balaban J connectivity index is 2.27. The molecule has 0 radical (unpaired) electrons. The highest BCUT2D eigenvalue weighted by Crippen LogP contribution is 2.11. The minimum atomic E-state index is -1.28. The number of nitrogens with one attached hydrogen (secondary N) is 1. The van der Waals surface area contributed by atoms with Gasteiger partial charge in [0, 0.05) is 12.4 Å². The Bertz CT molecular complexity index is 602. The van der Waals surface area contributed by atoms with Crippen LogP contribution in [0.1, 0.15) is 30.8 Å². The van der Waals surface area contributed by atoms with Crippen LogP contribution in [0.3, 0.4) is 0 Å². The van der Waals surface area contributed by atoms with E-state index in [0.717, 1.165) is 0 Å². The molecule has 0 aliphatic carbocycles. The summed E-state index contributed by atoms with van der Waals surface area (Å²) in [5.74, 6) is -1.55. The van der Waals surface area contributed by atoms with E-state index in [1.807, 2.05) is 12.1 Å². The molecule has 0 spiro atoms. The van der Waals surface area contributed by atoms with Crippen LogP contribution < -0.4 is 5.32 Å². The summed E-state index contributed by atoms with van der Waals surface area (Å²) in [5.41, 5.74) is -0.444. The number of carbonyl (C=O) groups excluding carboxylic acids is 1. The second-order valence-electron chi connectivity index (χ2n) is 4.54. The fraction of sp³-hybridized carbons (Fsp3) is 0.308. The Labute approximate surface area is 110 Å². The number of pyridine rings is 1. The zero-order valence-electron chi connectivity index (χ0n) is 10.8. The number of fused-ring (bicyclic) bond motifs is 1. The highest BCUT2D eigenvalue weighted by molar-refractivity contribution is 5.96. The molecule has 1 unspecified atom stereocenters. The lowest BCUT2D eigenvalue weighted by Gasteiger charge is -2.23. The van der Waals surface area contributed by atoms with Crippen molar-refractivity contribution in [2.24, 2.45) is 0 Å². The molecule has 6 heteroatoms. The molecule has 2 aromatic heterocycles. The van der Waals surface area contributed by atoms with Crippen molar-refractivity contribution in [2.75, 3.05) is 0 Å². The molecule has 19 heavy (non-hydrogen) atoms. The second-order valence-corrected chi connectivity index (χ2v) is 4.54. The van der Waals surface area contributed by atoms with Crippen LogP contribution in [0.25, 0.3) is 5.65 Å². The first kappa shape index (κ1) is 13.1. The number of carboxylic acid groups (broad SMARTS) is 1. The van der Waals surface area contributed by atoms with Gasteiger partial charge in [0.1, 0.15) is 16.9 Å². The van der Waals surface area contributed by atoms with E-state index in [0.29, 0.717) is 12.1 Å². The molecule has 0 aliphatic rings. The molecule has 0 aliphatic heterocycles. The Kier molecular flexibility index (Phi) is 3.25. The molecule has 2 heterocycles. The van der Waals surface area contributed by atoms with Gasteiger partial charge in [-0.1, -0.05) is 13.0 Å². The van der Waals surface area contributed by atoms with Gasteiger partial charge in [-0.05, 0) is 25.5 Å². The largest absolute Gasteiger partial charge is 0.480 e. The van der Waals surface area contributed by atoms with Gasteiger partial charge in [0.2, 0.25) is 0 Å². The third-order valence-electron chi connectivity index (χ3n) is 3.17.